The summed E-state index contributed by atoms with van der Waals surface area (Å²) in [5.41, 5.74) is 2.68. The number of hydrogen-bond donors (Lipinski definition) is 0. The molecule has 3 heteroatoms. The van der Waals surface area contributed by atoms with Crippen molar-refractivity contribution in [1.82, 2.24) is 0 Å². The number of carbonyl (C=O) groups excluding carboxylic acids is 2. The molecule has 0 spiro atoms. The molecule has 0 aromatic heterocycles. The maximum absolute atomic E-state index is 11.7. The zero-order valence-corrected chi connectivity index (χ0v) is 9.63. The Balaban J connectivity index is 2.53. The van der Waals surface area contributed by atoms with Gasteiger partial charge in [-0.25, -0.2) is 0 Å². The Hall–Kier alpha value is -1.12. The molecule has 0 N–H and O–H groups in total. The molecule has 0 amide bonds. The van der Waals surface area contributed by atoms with Crippen LogP contribution in [-0.4, -0.2) is 18.9 Å². The number of allylic oxidation sites excluding steroid dienone is 2. The van der Waals surface area contributed by atoms with E-state index in [4.69, 9.17) is 0 Å². The molecule has 0 heterocycles. The molecule has 0 fully saturated rings. The molecule has 1 aliphatic carbocycles. The van der Waals surface area contributed by atoms with Gasteiger partial charge >= 0.3 is 5.97 Å². The average molecular weight is 210 g/mol. The van der Waals surface area contributed by atoms with Crippen molar-refractivity contribution < 1.29 is 14.3 Å². The minimum absolute atomic E-state index is 0.0211. The summed E-state index contributed by atoms with van der Waals surface area (Å²) in [7, 11) is 1.31. The van der Waals surface area contributed by atoms with Crippen LogP contribution < -0.4 is 0 Å². The number of esters is 1. The van der Waals surface area contributed by atoms with Crippen molar-refractivity contribution in [2.24, 2.45) is 5.92 Å². The molecule has 0 aromatic carbocycles. The molecule has 1 aliphatic rings. The summed E-state index contributed by atoms with van der Waals surface area (Å²) in [4.78, 5) is 22.7. The van der Waals surface area contributed by atoms with E-state index in [2.05, 4.69) is 18.6 Å². The van der Waals surface area contributed by atoms with Crippen molar-refractivity contribution in [2.45, 2.75) is 39.5 Å². The fourth-order valence-corrected chi connectivity index (χ4v) is 1.88. The van der Waals surface area contributed by atoms with Gasteiger partial charge in [0.05, 0.1) is 7.11 Å². The van der Waals surface area contributed by atoms with Crippen LogP contribution in [-0.2, 0) is 14.3 Å². The summed E-state index contributed by atoms with van der Waals surface area (Å²) in [6, 6.07) is 0. The van der Waals surface area contributed by atoms with Gasteiger partial charge in [-0.3, -0.25) is 9.59 Å². The summed E-state index contributed by atoms with van der Waals surface area (Å²) in [6.45, 7) is 4.17. The summed E-state index contributed by atoms with van der Waals surface area (Å²) >= 11 is 0. The number of methoxy groups -OCH3 is 1. The molecule has 1 atom stereocenters. The third-order valence-corrected chi connectivity index (χ3v) is 3.15. The van der Waals surface area contributed by atoms with Gasteiger partial charge in [-0.2, -0.15) is 0 Å². The van der Waals surface area contributed by atoms with Crippen molar-refractivity contribution in [3.63, 3.8) is 0 Å². The Bertz CT molecular complexity index is 302. The first-order valence-corrected chi connectivity index (χ1v) is 5.29. The zero-order valence-electron chi connectivity index (χ0n) is 9.63. The smallest absolute Gasteiger partial charge is 0.313 e. The van der Waals surface area contributed by atoms with Crippen LogP contribution in [0.1, 0.15) is 39.5 Å². The molecule has 15 heavy (non-hydrogen) atoms. The molecular formula is C12H18O3. The molecule has 1 rings (SSSR count). The van der Waals surface area contributed by atoms with E-state index in [9.17, 15) is 9.59 Å². The molecule has 3 nitrogen and oxygen atoms in total. The van der Waals surface area contributed by atoms with Crippen LogP contribution in [0.3, 0.4) is 0 Å². The number of rotatable bonds is 3. The Kier molecular flexibility index (Phi) is 4.06. The second kappa shape index (κ2) is 5.10. The van der Waals surface area contributed by atoms with E-state index in [1.54, 1.807) is 0 Å². The fraction of sp³-hybridized carbons (Fsp3) is 0.667. The van der Waals surface area contributed by atoms with Crippen molar-refractivity contribution in [1.29, 1.82) is 0 Å². The highest BCUT2D eigenvalue weighted by Gasteiger charge is 2.24. The normalized spacial score (nSPS) is 21.4. The molecule has 1 unspecified atom stereocenters. The average Bonchev–Trinajstić information content (AvgIpc) is 2.21. The lowest BCUT2D eigenvalue weighted by molar-refractivity contribution is -0.144. The van der Waals surface area contributed by atoms with Crippen molar-refractivity contribution in [2.75, 3.05) is 7.11 Å². The van der Waals surface area contributed by atoms with E-state index in [1.165, 1.54) is 18.3 Å². The summed E-state index contributed by atoms with van der Waals surface area (Å²) in [5.74, 6) is -0.384. The lowest BCUT2D eigenvalue weighted by atomic mass is 9.82. The zero-order chi connectivity index (χ0) is 11.4. The Morgan fingerprint density at radius 2 is 2.00 bits per heavy atom. The molecule has 0 saturated heterocycles. The number of ketones is 1. The topological polar surface area (TPSA) is 43.4 Å². The van der Waals surface area contributed by atoms with Gasteiger partial charge in [0.15, 0.2) is 0 Å². The van der Waals surface area contributed by atoms with E-state index in [-0.39, 0.29) is 18.1 Å². The minimum Gasteiger partial charge on any atom is -0.469 e. The number of carbonyl (C=O) groups is 2. The van der Waals surface area contributed by atoms with Crippen LogP contribution >= 0.6 is 0 Å². The second-order valence-corrected chi connectivity index (χ2v) is 4.22. The van der Waals surface area contributed by atoms with E-state index >= 15 is 0 Å². The Morgan fingerprint density at radius 1 is 1.33 bits per heavy atom. The highest BCUT2D eigenvalue weighted by Crippen LogP contribution is 2.29. The van der Waals surface area contributed by atoms with E-state index < -0.39 is 5.97 Å². The lowest BCUT2D eigenvalue weighted by Crippen LogP contribution is -2.21. The SMILES string of the molecule is COC(=O)CC(=O)C1CCC(C)=C(C)C1. The third-order valence-electron chi connectivity index (χ3n) is 3.15. The Morgan fingerprint density at radius 3 is 2.53 bits per heavy atom. The highest BCUT2D eigenvalue weighted by atomic mass is 16.5. The predicted octanol–water partition coefficient (Wildman–Crippen LogP) is 2.26. The molecule has 0 radical (unpaired) electrons. The van der Waals surface area contributed by atoms with Gasteiger partial charge < -0.3 is 4.74 Å². The summed E-state index contributed by atoms with van der Waals surface area (Å²) in [5, 5.41) is 0. The van der Waals surface area contributed by atoms with E-state index in [0.717, 1.165) is 19.3 Å². The van der Waals surface area contributed by atoms with Gasteiger partial charge in [-0.1, -0.05) is 11.1 Å². The van der Waals surface area contributed by atoms with E-state index in [1.807, 2.05) is 0 Å². The fourth-order valence-electron chi connectivity index (χ4n) is 1.88. The monoisotopic (exact) mass is 210 g/mol. The van der Waals surface area contributed by atoms with E-state index in [0.29, 0.717) is 0 Å². The lowest BCUT2D eigenvalue weighted by Gasteiger charge is -2.22. The van der Waals surface area contributed by atoms with Gasteiger partial charge in [0.2, 0.25) is 0 Å². The maximum atomic E-state index is 11.7. The van der Waals surface area contributed by atoms with Crippen molar-refractivity contribution in [3.05, 3.63) is 11.1 Å². The molecular weight excluding hydrogens is 192 g/mol. The Labute approximate surface area is 90.5 Å². The second-order valence-electron chi connectivity index (χ2n) is 4.22. The molecule has 0 saturated carbocycles. The van der Waals surface area contributed by atoms with Crippen LogP contribution in [0.2, 0.25) is 0 Å². The number of ether oxygens (including phenoxy) is 1. The quantitative estimate of drug-likeness (QED) is 0.407. The number of hydrogen-bond acceptors (Lipinski definition) is 3. The first kappa shape index (κ1) is 12.0. The number of Topliss-reactive ketones (excluding diaryl/α,β-unsaturated/α-hetero) is 1. The molecule has 0 aliphatic heterocycles. The largest absolute Gasteiger partial charge is 0.469 e. The summed E-state index contributed by atoms with van der Waals surface area (Å²) in [6.07, 6.45) is 2.58. The van der Waals surface area contributed by atoms with Crippen LogP contribution in [0.15, 0.2) is 11.1 Å². The van der Waals surface area contributed by atoms with Gasteiger partial charge in [-0.05, 0) is 33.1 Å². The van der Waals surface area contributed by atoms with Crippen LogP contribution in [0.4, 0.5) is 0 Å². The standard InChI is InChI=1S/C12H18O3/c1-8-4-5-10(6-9(8)2)11(13)7-12(14)15-3/h10H,4-7H2,1-3H3. The van der Waals surface area contributed by atoms with Crippen molar-refractivity contribution >= 4 is 11.8 Å². The molecule has 0 bridgehead atoms. The first-order valence-electron chi connectivity index (χ1n) is 5.29. The molecule has 0 aromatic rings. The summed E-state index contributed by atoms with van der Waals surface area (Å²) < 4.78 is 4.49. The van der Waals surface area contributed by atoms with Gasteiger partial charge in [0.1, 0.15) is 12.2 Å². The van der Waals surface area contributed by atoms with Gasteiger partial charge in [-0.15, -0.1) is 0 Å². The third kappa shape index (κ3) is 3.18. The molecule has 84 valence electrons. The van der Waals surface area contributed by atoms with Crippen molar-refractivity contribution in [3.8, 4) is 0 Å². The van der Waals surface area contributed by atoms with Gasteiger partial charge in [0, 0.05) is 5.92 Å². The van der Waals surface area contributed by atoms with Gasteiger partial charge in [0.25, 0.3) is 0 Å². The van der Waals surface area contributed by atoms with Crippen LogP contribution in [0, 0.1) is 5.92 Å². The predicted molar refractivity (Wildman–Crippen MR) is 57.4 cm³/mol. The minimum atomic E-state index is -0.427. The van der Waals surface area contributed by atoms with Crippen LogP contribution in [0.25, 0.3) is 0 Å². The highest BCUT2D eigenvalue weighted by molar-refractivity contribution is 5.96. The maximum Gasteiger partial charge on any atom is 0.313 e. The van der Waals surface area contributed by atoms with Crippen LogP contribution in [0.5, 0.6) is 0 Å². The first-order chi connectivity index (χ1) is 7.04.